The molecule has 0 radical (unpaired) electrons. The van der Waals surface area contributed by atoms with Gasteiger partial charge in [-0.05, 0) is 48.6 Å². The summed E-state index contributed by atoms with van der Waals surface area (Å²) in [6, 6.07) is 8.22. The van der Waals surface area contributed by atoms with Gasteiger partial charge in [-0.25, -0.2) is 4.79 Å². The molecule has 1 fully saturated rings. The molecule has 3 rings (SSSR count). The molecular formula is C21H27N3O2. The Morgan fingerprint density at radius 3 is 2.15 bits per heavy atom. The highest BCUT2D eigenvalue weighted by Gasteiger charge is 2.24. The first-order valence-corrected chi connectivity index (χ1v) is 9.18. The second-order valence-corrected chi connectivity index (χ2v) is 7.19. The molecule has 0 unspecified atom stereocenters. The van der Waals surface area contributed by atoms with Gasteiger partial charge in [0.1, 0.15) is 5.75 Å². The number of hydrogen-bond acceptors (Lipinski definition) is 4. The van der Waals surface area contributed by atoms with E-state index in [4.69, 9.17) is 4.74 Å². The number of anilines is 1. The molecule has 0 bridgehead atoms. The van der Waals surface area contributed by atoms with Crippen LogP contribution in [0.15, 0.2) is 36.7 Å². The van der Waals surface area contributed by atoms with E-state index in [0.717, 1.165) is 29.9 Å². The Morgan fingerprint density at radius 2 is 1.62 bits per heavy atom. The topological polar surface area (TPSA) is 45.7 Å². The molecule has 5 heteroatoms. The molecule has 138 valence electrons. The van der Waals surface area contributed by atoms with Crippen LogP contribution in [0.25, 0.3) is 0 Å². The number of carbonyl (C=O) groups is 1. The van der Waals surface area contributed by atoms with Gasteiger partial charge in [-0.15, -0.1) is 0 Å². The van der Waals surface area contributed by atoms with Crippen molar-refractivity contribution < 1.29 is 9.53 Å². The Hall–Kier alpha value is -2.56. The van der Waals surface area contributed by atoms with Crippen LogP contribution in [0.3, 0.4) is 0 Å². The highest BCUT2D eigenvalue weighted by Crippen LogP contribution is 2.28. The third-order valence-electron chi connectivity index (χ3n) is 4.90. The average Bonchev–Trinajstić information content (AvgIpc) is 2.65. The van der Waals surface area contributed by atoms with Gasteiger partial charge in [0.15, 0.2) is 0 Å². The van der Waals surface area contributed by atoms with E-state index < -0.39 is 0 Å². The first-order valence-electron chi connectivity index (χ1n) is 9.18. The van der Waals surface area contributed by atoms with Crippen LogP contribution in [0.4, 0.5) is 10.5 Å². The Morgan fingerprint density at radius 1 is 1.04 bits per heavy atom. The zero-order valence-corrected chi connectivity index (χ0v) is 16.0. The Bertz CT molecular complexity index is 743. The zero-order chi connectivity index (χ0) is 18.7. The number of rotatable bonds is 3. The highest BCUT2D eigenvalue weighted by atomic mass is 16.6. The maximum absolute atomic E-state index is 12.6. The molecule has 0 N–H and O–H groups in total. The van der Waals surface area contributed by atoms with Crippen molar-refractivity contribution >= 4 is 11.8 Å². The molecule has 1 aliphatic heterocycles. The van der Waals surface area contributed by atoms with Gasteiger partial charge in [-0.3, -0.25) is 4.98 Å². The number of piperazine rings is 1. The van der Waals surface area contributed by atoms with Crippen LogP contribution in [0.5, 0.6) is 5.75 Å². The minimum atomic E-state index is -0.261. The van der Waals surface area contributed by atoms with E-state index in [-0.39, 0.29) is 6.09 Å². The van der Waals surface area contributed by atoms with Crippen LogP contribution in [0, 0.1) is 13.8 Å². The van der Waals surface area contributed by atoms with Crippen LogP contribution in [0.1, 0.15) is 36.5 Å². The van der Waals surface area contributed by atoms with Crippen LogP contribution < -0.4 is 9.64 Å². The van der Waals surface area contributed by atoms with Crippen LogP contribution in [-0.4, -0.2) is 42.2 Å². The summed E-state index contributed by atoms with van der Waals surface area (Å²) in [4.78, 5) is 20.7. The summed E-state index contributed by atoms with van der Waals surface area (Å²) in [5, 5.41) is 0. The summed E-state index contributed by atoms with van der Waals surface area (Å²) in [7, 11) is 0. The van der Waals surface area contributed by atoms with Crippen molar-refractivity contribution in [3.63, 3.8) is 0 Å². The zero-order valence-electron chi connectivity index (χ0n) is 16.0. The fourth-order valence-electron chi connectivity index (χ4n) is 3.33. The second kappa shape index (κ2) is 7.77. The van der Waals surface area contributed by atoms with Crippen molar-refractivity contribution in [2.75, 3.05) is 31.1 Å². The predicted molar refractivity (Wildman–Crippen MR) is 104 cm³/mol. The summed E-state index contributed by atoms with van der Waals surface area (Å²) in [6.07, 6.45) is 3.33. The summed E-state index contributed by atoms with van der Waals surface area (Å²) in [6.45, 7) is 11.2. The number of aromatic nitrogens is 1. The van der Waals surface area contributed by atoms with Crippen LogP contribution >= 0.6 is 0 Å². The number of amides is 1. The maximum atomic E-state index is 12.6. The minimum absolute atomic E-state index is 0.261. The molecule has 1 saturated heterocycles. The van der Waals surface area contributed by atoms with Crippen molar-refractivity contribution in [1.29, 1.82) is 0 Å². The van der Waals surface area contributed by atoms with Gasteiger partial charge in [-0.1, -0.05) is 26.0 Å². The molecular weight excluding hydrogens is 326 g/mol. The van der Waals surface area contributed by atoms with Gasteiger partial charge >= 0.3 is 6.09 Å². The molecule has 1 aromatic heterocycles. The number of benzene rings is 1. The summed E-state index contributed by atoms with van der Waals surface area (Å²) in [5.41, 5.74) is 4.43. The number of hydrogen-bond donors (Lipinski definition) is 0. The molecule has 1 aromatic carbocycles. The van der Waals surface area contributed by atoms with E-state index in [0.29, 0.717) is 24.8 Å². The second-order valence-electron chi connectivity index (χ2n) is 7.19. The SMILES string of the molecule is Cc1cc(C(C)C)cc(C)c1OC(=O)N1CCN(c2ccncc2)CC1. The van der Waals surface area contributed by atoms with E-state index in [1.54, 1.807) is 17.3 Å². The fourth-order valence-corrected chi connectivity index (χ4v) is 3.33. The molecule has 2 heterocycles. The van der Waals surface area contributed by atoms with Crippen LogP contribution in [-0.2, 0) is 0 Å². The van der Waals surface area contributed by atoms with Crippen molar-refractivity contribution in [2.24, 2.45) is 0 Å². The number of nitrogens with zero attached hydrogens (tertiary/aromatic N) is 3. The molecule has 0 spiro atoms. The lowest BCUT2D eigenvalue weighted by Gasteiger charge is -2.35. The normalized spacial score (nSPS) is 14.7. The van der Waals surface area contributed by atoms with E-state index in [1.165, 1.54) is 5.56 Å². The number of carbonyl (C=O) groups excluding carboxylic acids is 1. The van der Waals surface area contributed by atoms with E-state index in [1.807, 2.05) is 26.0 Å². The van der Waals surface area contributed by atoms with E-state index in [9.17, 15) is 4.79 Å². The van der Waals surface area contributed by atoms with Gasteiger partial charge in [-0.2, -0.15) is 0 Å². The molecule has 0 saturated carbocycles. The fraction of sp³-hybridized carbons (Fsp3) is 0.429. The van der Waals surface area contributed by atoms with Crippen molar-refractivity contribution in [1.82, 2.24) is 9.88 Å². The standard InChI is InChI=1S/C21H27N3O2/c1-15(2)18-13-16(3)20(17(4)14-18)26-21(25)24-11-9-23(10-12-24)19-5-7-22-8-6-19/h5-8,13-15H,9-12H2,1-4H3. The molecule has 0 atom stereocenters. The number of pyridine rings is 1. The first-order chi connectivity index (χ1) is 12.5. The lowest BCUT2D eigenvalue weighted by molar-refractivity contribution is 0.148. The molecule has 26 heavy (non-hydrogen) atoms. The molecule has 5 nitrogen and oxygen atoms in total. The Kier molecular flexibility index (Phi) is 5.45. The molecule has 2 aromatic rings. The number of ether oxygens (including phenoxy) is 1. The molecule has 1 aliphatic rings. The monoisotopic (exact) mass is 353 g/mol. The quantitative estimate of drug-likeness (QED) is 0.832. The average molecular weight is 353 g/mol. The summed E-state index contributed by atoms with van der Waals surface area (Å²) >= 11 is 0. The molecule has 1 amide bonds. The highest BCUT2D eigenvalue weighted by molar-refractivity contribution is 5.72. The van der Waals surface area contributed by atoms with Gasteiger partial charge in [0.25, 0.3) is 0 Å². The lowest BCUT2D eigenvalue weighted by atomic mass is 9.98. The third-order valence-corrected chi connectivity index (χ3v) is 4.90. The maximum Gasteiger partial charge on any atom is 0.415 e. The van der Waals surface area contributed by atoms with Crippen molar-refractivity contribution in [3.05, 3.63) is 53.3 Å². The summed E-state index contributed by atoms with van der Waals surface area (Å²) < 4.78 is 5.75. The Labute approximate surface area is 155 Å². The third kappa shape index (κ3) is 3.98. The Balaban J connectivity index is 1.63. The predicted octanol–water partition coefficient (Wildman–Crippen LogP) is 4.14. The number of aryl methyl sites for hydroxylation is 2. The van der Waals surface area contributed by atoms with E-state index >= 15 is 0 Å². The van der Waals surface area contributed by atoms with Crippen molar-refractivity contribution in [3.8, 4) is 5.75 Å². The van der Waals surface area contributed by atoms with Gasteiger partial charge in [0.2, 0.25) is 0 Å². The first kappa shape index (κ1) is 18.2. The minimum Gasteiger partial charge on any atom is -0.410 e. The lowest BCUT2D eigenvalue weighted by Crippen LogP contribution is -2.49. The van der Waals surface area contributed by atoms with Crippen molar-refractivity contribution in [2.45, 2.75) is 33.6 Å². The largest absolute Gasteiger partial charge is 0.415 e. The molecule has 0 aliphatic carbocycles. The van der Waals surface area contributed by atoms with Gasteiger partial charge in [0.05, 0.1) is 0 Å². The smallest absolute Gasteiger partial charge is 0.410 e. The van der Waals surface area contributed by atoms with Gasteiger partial charge in [0, 0.05) is 44.3 Å². The van der Waals surface area contributed by atoms with Gasteiger partial charge < -0.3 is 14.5 Å². The van der Waals surface area contributed by atoms with Crippen LogP contribution in [0.2, 0.25) is 0 Å². The van der Waals surface area contributed by atoms with E-state index in [2.05, 4.69) is 35.9 Å². The summed E-state index contributed by atoms with van der Waals surface area (Å²) in [5.74, 6) is 1.15.